The Morgan fingerprint density at radius 3 is 2.70 bits per heavy atom. The first-order valence-electron chi connectivity index (χ1n) is 10.1. The lowest BCUT2D eigenvalue weighted by Gasteiger charge is -2.21. The van der Waals surface area contributed by atoms with Crippen LogP contribution in [0.4, 0.5) is 5.69 Å². The zero-order valence-electron chi connectivity index (χ0n) is 16.6. The van der Waals surface area contributed by atoms with Crippen LogP contribution in [-0.4, -0.2) is 24.6 Å². The van der Waals surface area contributed by atoms with Gasteiger partial charge < -0.3 is 5.32 Å². The predicted molar refractivity (Wildman–Crippen MR) is 123 cm³/mol. The van der Waals surface area contributed by atoms with Gasteiger partial charge in [0.2, 0.25) is 5.91 Å². The molecule has 0 saturated heterocycles. The van der Waals surface area contributed by atoms with Crippen LogP contribution in [0.2, 0.25) is 0 Å². The van der Waals surface area contributed by atoms with Crippen molar-refractivity contribution in [2.45, 2.75) is 43.1 Å². The summed E-state index contributed by atoms with van der Waals surface area (Å²) in [5, 5.41) is 3.34. The van der Waals surface area contributed by atoms with E-state index in [-0.39, 0.29) is 16.9 Å². The molecule has 4 rings (SSSR count). The van der Waals surface area contributed by atoms with Crippen LogP contribution < -0.4 is 5.32 Å². The van der Waals surface area contributed by atoms with Gasteiger partial charge in [-0.1, -0.05) is 43.5 Å². The lowest BCUT2D eigenvalue weighted by molar-refractivity contribution is -0.111. The number of amides is 1. The average Bonchev–Trinajstić information content (AvgIpc) is 3.16. The van der Waals surface area contributed by atoms with Crippen LogP contribution in [0.25, 0.3) is 16.3 Å². The average molecular weight is 441 g/mol. The summed E-state index contributed by atoms with van der Waals surface area (Å²) in [7, 11) is -3.17. The zero-order chi connectivity index (χ0) is 21.0. The fraction of sp³-hybridized carbons (Fsp3) is 0.304. The second-order valence-corrected chi connectivity index (χ2v) is 11.0. The van der Waals surface area contributed by atoms with Gasteiger partial charge in [0.1, 0.15) is 5.01 Å². The molecular weight excluding hydrogens is 416 g/mol. The van der Waals surface area contributed by atoms with Crippen LogP contribution in [0.3, 0.4) is 0 Å². The molecule has 1 heterocycles. The molecule has 1 amide bonds. The summed E-state index contributed by atoms with van der Waals surface area (Å²) in [5.41, 5.74) is 2.20. The summed E-state index contributed by atoms with van der Waals surface area (Å²) in [4.78, 5) is 16.8. The van der Waals surface area contributed by atoms with Gasteiger partial charge in [-0.2, -0.15) is 0 Å². The number of carbonyl (C=O) groups excluding carboxylic acids is 1. The molecule has 0 aliphatic heterocycles. The molecule has 0 radical (unpaired) electrons. The summed E-state index contributed by atoms with van der Waals surface area (Å²) in [5.74, 6) is -0.260. The Bertz CT molecular complexity index is 1140. The molecule has 1 aromatic heterocycles. The van der Waals surface area contributed by atoms with E-state index in [4.69, 9.17) is 0 Å². The normalized spacial score (nSPS) is 15.6. The SMILES string of the molecule is O=C(C=Cc1nc2ccccc2s1)Nc1cccc(CS(=O)(=O)C2CCCCC2)c1. The first kappa shape index (κ1) is 20.8. The van der Waals surface area contributed by atoms with E-state index in [9.17, 15) is 13.2 Å². The Hall–Kier alpha value is -2.51. The molecule has 1 fully saturated rings. The van der Waals surface area contributed by atoms with Crippen LogP contribution in [-0.2, 0) is 20.4 Å². The number of rotatable bonds is 6. The van der Waals surface area contributed by atoms with Crippen molar-refractivity contribution in [3.05, 3.63) is 65.2 Å². The third-order valence-electron chi connectivity index (χ3n) is 5.31. The number of hydrogen-bond donors (Lipinski definition) is 1. The Morgan fingerprint density at radius 1 is 1.10 bits per heavy atom. The standard InChI is InChI=1S/C23H24N2O3S2/c26-22(13-14-23-25-20-11-4-5-12-21(20)29-23)24-18-8-6-7-17(15-18)16-30(27,28)19-9-2-1-3-10-19/h4-8,11-15,19H,1-3,9-10,16H2,(H,24,26). The van der Waals surface area contributed by atoms with Gasteiger partial charge in [-0.25, -0.2) is 13.4 Å². The molecule has 7 heteroatoms. The van der Waals surface area contributed by atoms with Crippen LogP contribution in [0.1, 0.15) is 42.7 Å². The van der Waals surface area contributed by atoms with Crippen molar-refractivity contribution in [1.82, 2.24) is 4.98 Å². The van der Waals surface area contributed by atoms with Crippen molar-refractivity contribution in [1.29, 1.82) is 0 Å². The number of aromatic nitrogens is 1. The van der Waals surface area contributed by atoms with Crippen molar-refractivity contribution in [3.63, 3.8) is 0 Å². The lowest BCUT2D eigenvalue weighted by atomic mass is 10.0. The van der Waals surface area contributed by atoms with Crippen LogP contribution in [0.15, 0.2) is 54.6 Å². The molecule has 1 aliphatic carbocycles. The molecule has 0 unspecified atom stereocenters. The van der Waals surface area contributed by atoms with Gasteiger partial charge in [-0.15, -0.1) is 11.3 Å². The van der Waals surface area contributed by atoms with Gasteiger partial charge >= 0.3 is 0 Å². The highest BCUT2D eigenvalue weighted by Gasteiger charge is 2.27. The van der Waals surface area contributed by atoms with Crippen molar-refractivity contribution < 1.29 is 13.2 Å². The highest BCUT2D eigenvalue weighted by Crippen LogP contribution is 2.27. The lowest BCUT2D eigenvalue weighted by Crippen LogP contribution is -2.25. The number of carbonyl (C=O) groups is 1. The monoisotopic (exact) mass is 440 g/mol. The minimum atomic E-state index is -3.17. The third kappa shape index (κ3) is 5.15. The molecule has 5 nitrogen and oxygen atoms in total. The van der Waals surface area contributed by atoms with E-state index in [2.05, 4.69) is 10.3 Å². The number of benzene rings is 2. The maximum absolute atomic E-state index is 12.7. The zero-order valence-corrected chi connectivity index (χ0v) is 18.2. The van der Waals surface area contributed by atoms with E-state index in [0.29, 0.717) is 11.3 Å². The fourth-order valence-corrected chi connectivity index (χ4v) is 6.61. The predicted octanol–water partition coefficient (Wildman–Crippen LogP) is 5.20. The molecule has 3 aromatic rings. The van der Waals surface area contributed by atoms with Gasteiger partial charge in [0.05, 0.1) is 21.2 Å². The Morgan fingerprint density at radius 2 is 1.90 bits per heavy atom. The minimum absolute atomic E-state index is 0.0168. The number of para-hydroxylation sites is 1. The van der Waals surface area contributed by atoms with Gasteiger partial charge in [-0.3, -0.25) is 4.79 Å². The minimum Gasteiger partial charge on any atom is -0.323 e. The van der Waals surface area contributed by atoms with Crippen molar-refractivity contribution in [3.8, 4) is 0 Å². The molecule has 0 spiro atoms. The molecule has 1 N–H and O–H groups in total. The van der Waals surface area contributed by atoms with E-state index in [1.165, 1.54) is 17.4 Å². The van der Waals surface area contributed by atoms with E-state index in [1.807, 2.05) is 24.3 Å². The highest BCUT2D eigenvalue weighted by molar-refractivity contribution is 7.91. The summed E-state index contributed by atoms with van der Waals surface area (Å²) in [6.07, 6.45) is 7.76. The summed E-state index contributed by atoms with van der Waals surface area (Å²) in [6.45, 7) is 0. The molecular formula is C23H24N2O3S2. The molecule has 2 aromatic carbocycles. The summed E-state index contributed by atoms with van der Waals surface area (Å²) >= 11 is 1.52. The molecule has 1 saturated carbocycles. The molecule has 0 atom stereocenters. The first-order chi connectivity index (χ1) is 14.5. The fourth-order valence-electron chi connectivity index (χ4n) is 3.81. The maximum Gasteiger partial charge on any atom is 0.248 e. The van der Waals surface area contributed by atoms with E-state index in [0.717, 1.165) is 47.3 Å². The smallest absolute Gasteiger partial charge is 0.248 e. The number of nitrogens with one attached hydrogen (secondary N) is 1. The van der Waals surface area contributed by atoms with Crippen LogP contribution >= 0.6 is 11.3 Å². The van der Waals surface area contributed by atoms with E-state index >= 15 is 0 Å². The highest BCUT2D eigenvalue weighted by atomic mass is 32.2. The summed E-state index contributed by atoms with van der Waals surface area (Å²) in [6, 6.07) is 14.9. The maximum atomic E-state index is 12.7. The van der Waals surface area contributed by atoms with E-state index < -0.39 is 9.84 Å². The van der Waals surface area contributed by atoms with Crippen molar-refractivity contribution in [2.75, 3.05) is 5.32 Å². The number of nitrogens with zero attached hydrogens (tertiary/aromatic N) is 1. The van der Waals surface area contributed by atoms with Gasteiger partial charge in [-0.05, 0) is 48.7 Å². The summed E-state index contributed by atoms with van der Waals surface area (Å²) < 4.78 is 26.5. The van der Waals surface area contributed by atoms with Gasteiger partial charge in [0, 0.05) is 11.8 Å². The molecule has 30 heavy (non-hydrogen) atoms. The largest absolute Gasteiger partial charge is 0.323 e. The van der Waals surface area contributed by atoms with E-state index in [1.54, 1.807) is 30.3 Å². The number of thiazole rings is 1. The van der Waals surface area contributed by atoms with Gasteiger partial charge in [0.15, 0.2) is 9.84 Å². The van der Waals surface area contributed by atoms with Crippen LogP contribution in [0.5, 0.6) is 0 Å². The Balaban J connectivity index is 1.40. The van der Waals surface area contributed by atoms with Crippen molar-refractivity contribution in [2.24, 2.45) is 0 Å². The molecule has 0 bridgehead atoms. The number of sulfone groups is 1. The number of fused-ring (bicyclic) bond motifs is 1. The Kier molecular flexibility index (Phi) is 6.29. The second kappa shape index (κ2) is 9.10. The molecule has 156 valence electrons. The number of hydrogen-bond acceptors (Lipinski definition) is 5. The second-order valence-electron chi connectivity index (χ2n) is 7.61. The van der Waals surface area contributed by atoms with Crippen molar-refractivity contribution >= 4 is 49.1 Å². The topological polar surface area (TPSA) is 76.1 Å². The third-order valence-corrected chi connectivity index (χ3v) is 8.53. The van der Waals surface area contributed by atoms with Gasteiger partial charge in [0.25, 0.3) is 0 Å². The molecule has 1 aliphatic rings. The quantitative estimate of drug-likeness (QED) is 0.535. The van der Waals surface area contributed by atoms with Crippen LogP contribution in [0, 0.1) is 0 Å². The first-order valence-corrected chi connectivity index (χ1v) is 12.7. The Labute approximate surface area is 180 Å². The number of anilines is 1.